The molecule has 1 amide bonds. The molecule has 6 heteroatoms. The lowest BCUT2D eigenvalue weighted by molar-refractivity contribution is -0.122. The Morgan fingerprint density at radius 3 is 2.71 bits per heavy atom. The average Bonchev–Trinajstić information content (AvgIpc) is 2.28. The fraction of sp³-hybridized carbons (Fsp3) is 0.909. The highest BCUT2D eigenvalue weighted by Gasteiger charge is 2.28. The Morgan fingerprint density at radius 1 is 1.41 bits per heavy atom. The molecule has 100 valence electrons. The standard InChI is InChI=1S/C11H22N2O3S/c1-3-7-17(15,16)13-11(14)10-8-9(4-2)5-6-12-10/h9-10,12H,3-8H2,1-2H3,(H,13,14). The molecular formula is C11H22N2O3S. The first-order valence-corrected chi connectivity index (χ1v) is 7.91. The lowest BCUT2D eigenvalue weighted by Crippen LogP contribution is -2.50. The highest BCUT2D eigenvalue weighted by Crippen LogP contribution is 2.19. The van der Waals surface area contributed by atoms with Crippen LogP contribution in [-0.2, 0) is 14.8 Å². The van der Waals surface area contributed by atoms with Gasteiger partial charge in [-0.05, 0) is 31.7 Å². The number of hydrogen-bond acceptors (Lipinski definition) is 4. The second kappa shape index (κ2) is 6.35. The van der Waals surface area contributed by atoms with E-state index in [2.05, 4.69) is 17.0 Å². The number of hydrogen-bond donors (Lipinski definition) is 2. The molecule has 0 saturated carbocycles. The molecule has 2 unspecified atom stereocenters. The normalized spacial score (nSPS) is 25.5. The van der Waals surface area contributed by atoms with Gasteiger partial charge in [-0.3, -0.25) is 9.52 Å². The molecule has 1 saturated heterocycles. The van der Waals surface area contributed by atoms with Gasteiger partial charge in [-0.15, -0.1) is 0 Å². The maximum absolute atomic E-state index is 11.8. The summed E-state index contributed by atoms with van der Waals surface area (Å²) >= 11 is 0. The number of amides is 1. The molecule has 1 aliphatic rings. The fourth-order valence-electron chi connectivity index (χ4n) is 2.11. The molecule has 0 aromatic carbocycles. The summed E-state index contributed by atoms with van der Waals surface area (Å²) in [6.07, 6.45) is 3.33. The monoisotopic (exact) mass is 262 g/mol. The largest absolute Gasteiger partial charge is 0.306 e. The van der Waals surface area contributed by atoms with Crippen LogP contribution in [-0.4, -0.2) is 32.7 Å². The Kier molecular flexibility index (Phi) is 5.39. The van der Waals surface area contributed by atoms with Crippen molar-refractivity contribution in [3.05, 3.63) is 0 Å². The lowest BCUT2D eigenvalue weighted by Gasteiger charge is -2.28. The summed E-state index contributed by atoms with van der Waals surface area (Å²) in [7, 11) is -3.44. The van der Waals surface area contributed by atoms with Crippen LogP contribution in [0.4, 0.5) is 0 Å². The molecule has 0 spiro atoms. The SMILES string of the molecule is CCCS(=O)(=O)NC(=O)C1CC(CC)CCN1. The van der Waals surface area contributed by atoms with Gasteiger partial charge in [0.15, 0.2) is 0 Å². The van der Waals surface area contributed by atoms with Crippen LogP contribution in [0.25, 0.3) is 0 Å². The molecule has 1 rings (SSSR count). The topological polar surface area (TPSA) is 75.3 Å². The summed E-state index contributed by atoms with van der Waals surface area (Å²) in [6, 6.07) is -0.361. The molecule has 2 atom stereocenters. The summed E-state index contributed by atoms with van der Waals surface area (Å²) in [4.78, 5) is 11.8. The second-order valence-electron chi connectivity index (χ2n) is 4.59. The molecule has 1 heterocycles. The van der Waals surface area contributed by atoms with Crippen LogP contribution < -0.4 is 10.0 Å². The Hall–Kier alpha value is -0.620. The third-order valence-corrected chi connectivity index (χ3v) is 4.59. The predicted octanol–water partition coefficient (Wildman–Crippen LogP) is 0.621. The van der Waals surface area contributed by atoms with Crippen molar-refractivity contribution < 1.29 is 13.2 Å². The van der Waals surface area contributed by atoms with Gasteiger partial charge in [0.2, 0.25) is 10.0 Å². The highest BCUT2D eigenvalue weighted by atomic mass is 32.2. The van der Waals surface area contributed by atoms with Gasteiger partial charge in [0, 0.05) is 0 Å². The number of carbonyl (C=O) groups is 1. The molecular weight excluding hydrogens is 240 g/mol. The third kappa shape index (κ3) is 4.63. The maximum Gasteiger partial charge on any atom is 0.250 e. The van der Waals surface area contributed by atoms with Crippen molar-refractivity contribution in [3.63, 3.8) is 0 Å². The van der Waals surface area contributed by atoms with E-state index in [1.807, 2.05) is 0 Å². The summed E-state index contributed by atoms with van der Waals surface area (Å²) < 4.78 is 25.1. The van der Waals surface area contributed by atoms with Crippen LogP contribution in [0, 0.1) is 5.92 Å². The zero-order valence-corrected chi connectivity index (χ0v) is 11.3. The van der Waals surface area contributed by atoms with Gasteiger partial charge >= 0.3 is 0 Å². The van der Waals surface area contributed by atoms with Gasteiger partial charge in [0.05, 0.1) is 11.8 Å². The van der Waals surface area contributed by atoms with Crippen LogP contribution in [0.5, 0.6) is 0 Å². The smallest absolute Gasteiger partial charge is 0.250 e. The van der Waals surface area contributed by atoms with Gasteiger partial charge in [0.1, 0.15) is 0 Å². The van der Waals surface area contributed by atoms with Gasteiger partial charge in [-0.2, -0.15) is 0 Å². The predicted molar refractivity (Wildman–Crippen MR) is 67.0 cm³/mol. The van der Waals surface area contributed by atoms with E-state index in [9.17, 15) is 13.2 Å². The van der Waals surface area contributed by atoms with Crippen molar-refractivity contribution in [2.45, 2.75) is 45.6 Å². The number of piperidine rings is 1. The fourth-order valence-corrected chi connectivity index (χ4v) is 3.20. The van der Waals surface area contributed by atoms with Crippen molar-refractivity contribution in [1.29, 1.82) is 0 Å². The Balaban J connectivity index is 2.52. The van der Waals surface area contributed by atoms with E-state index >= 15 is 0 Å². The van der Waals surface area contributed by atoms with Gasteiger partial charge < -0.3 is 5.32 Å². The van der Waals surface area contributed by atoms with Crippen LogP contribution in [0.2, 0.25) is 0 Å². The molecule has 0 aliphatic carbocycles. The summed E-state index contributed by atoms with van der Waals surface area (Å²) in [5.74, 6) is 0.111. The van der Waals surface area contributed by atoms with Gasteiger partial charge in [0.25, 0.3) is 5.91 Å². The number of sulfonamides is 1. The number of rotatable bonds is 5. The number of nitrogens with one attached hydrogen (secondary N) is 2. The second-order valence-corrected chi connectivity index (χ2v) is 6.43. The minimum Gasteiger partial charge on any atom is -0.306 e. The van der Waals surface area contributed by atoms with E-state index in [-0.39, 0.29) is 11.8 Å². The van der Waals surface area contributed by atoms with E-state index in [4.69, 9.17) is 0 Å². The average molecular weight is 262 g/mol. The van der Waals surface area contributed by atoms with E-state index in [0.29, 0.717) is 12.3 Å². The minimum atomic E-state index is -3.44. The molecule has 0 aromatic rings. The third-order valence-electron chi connectivity index (χ3n) is 3.14. The van der Waals surface area contributed by atoms with E-state index in [1.54, 1.807) is 6.92 Å². The summed E-state index contributed by atoms with van der Waals surface area (Å²) in [5.41, 5.74) is 0. The Morgan fingerprint density at radius 2 is 2.12 bits per heavy atom. The molecule has 17 heavy (non-hydrogen) atoms. The molecule has 5 nitrogen and oxygen atoms in total. The van der Waals surface area contributed by atoms with Gasteiger partial charge in [-0.1, -0.05) is 20.3 Å². The minimum absolute atomic E-state index is 0.00265. The van der Waals surface area contributed by atoms with Crippen LogP contribution in [0.1, 0.15) is 39.5 Å². The van der Waals surface area contributed by atoms with Crippen LogP contribution >= 0.6 is 0 Å². The first-order chi connectivity index (χ1) is 7.98. The molecule has 2 N–H and O–H groups in total. The Labute approximate surface area is 103 Å². The van der Waals surface area contributed by atoms with Crippen LogP contribution in [0.3, 0.4) is 0 Å². The zero-order chi connectivity index (χ0) is 12.9. The van der Waals surface area contributed by atoms with Crippen molar-refractivity contribution in [1.82, 2.24) is 10.0 Å². The number of carbonyl (C=O) groups excluding carboxylic acids is 1. The van der Waals surface area contributed by atoms with Crippen molar-refractivity contribution in [3.8, 4) is 0 Å². The molecule has 0 bridgehead atoms. The van der Waals surface area contributed by atoms with Crippen molar-refractivity contribution >= 4 is 15.9 Å². The van der Waals surface area contributed by atoms with Crippen LogP contribution in [0.15, 0.2) is 0 Å². The quantitative estimate of drug-likeness (QED) is 0.761. The Bertz CT molecular complexity index is 354. The summed E-state index contributed by atoms with van der Waals surface area (Å²) in [5, 5.41) is 3.07. The molecule has 1 fully saturated rings. The van der Waals surface area contributed by atoms with E-state index in [0.717, 1.165) is 25.8 Å². The maximum atomic E-state index is 11.8. The summed E-state index contributed by atoms with van der Waals surface area (Å²) in [6.45, 7) is 4.65. The lowest BCUT2D eigenvalue weighted by atomic mass is 9.90. The first kappa shape index (κ1) is 14.4. The zero-order valence-electron chi connectivity index (χ0n) is 10.5. The van der Waals surface area contributed by atoms with Crippen molar-refractivity contribution in [2.24, 2.45) is 5.92 Å². The highest BCUT2D eigenvalue weighted by molar-refractivity contribution is 7.90. The van der Waals surface area contributed by atoms with Crippen molar-refractivity contribution in [2.75, 3.05) is 12.3 Å². The first-order valence-electron chi connectivity index (χ1n) is 6.26. The molecule has 0 radical (unpaired) electrons. The van der Waals surface area contributed by atoms with E-state index < -0.39 is 15.9 Å². The molecule has 0 aromatic heterocycles. The van der Waals surface area contributed by atoms with Gasteiger partial charge in [-0.25, -0.2) is 8.42 Å². The molecule has 1 aliphatic heterocycles. The van der Waals surface area contributed by atoms with E-state index in [1.165, 1.54) is 0 Å².